The van der Waals surface area contributed by atoms with Gasteiger partial charge >= 0.3 is 0 Å². The summed E-state index contributed by atoms with van der Waals surface area (Å²) in [5.41, 5.74) is 4.17. The van der Waals surface area contributed by atoms with Gasteiger partial charge in [0.1, 0.15) is 11.0 Å². The zero-order valence-electron chi connectivity index (χ0n) is 17.8. The molecule has 7 heteroatoms. The predicted molar refractivity (Wildman–Crippen MR) is 120 cm³/mol. The molecule has 2 fully saturated rings. The lowest BCUT2D eigenvalue weighted by molar-refractivity contribution is 0.324. The molecule has 0 radical (unpaired) electrons. The second-order valence-electron chi connectivity index (χ2n) is 8.94. The van der Waals surface area contributed by atoms with Crippen molar-refractivity contribution < 1.29 is 8.42 Å². The Labute approximate surface area is 183 Å². The number of benzene rings is 1. The number of sulfonamides is 1. The van der Waals surface area contributed by atoms with Crippen molar-refractivity contribution in [1.29, 1.82) is 5.26 Å². The van der Waals surface area contributed by atoms with Crippen LogP contribution in [0.2, 0.25) is 0 Å². The summed E-state index contributed by atoms with van der Waals surface area (Å²) >= 11 is 0. The van der Waals surface area contributed by atoms with Crippen molar-refractivity contribution in [2.24, 2.45) is 5.92 Å². The number of aryl methyl sites for hydroxylation is 1. The number of nitrogens with zero attached hydrogens (tertiary/aromatic N) is 3. The van der Waals surface area contributed by atoms with Gasteiger partial charge in [-0.3, -0.25) is 4.98 Å². The van der Waals surface area contributed by atoms with Crippen LogP contribution < -0.4 is 4.72 Å². The molecule has 0 unspecified atom stereocenters. The molecule has 6 nitrogen and oxygen atoms in total. The minimum absolute atomic E-state index is 0.0701. The topological polar surface area (TPSA) is 87.8 Å². The summed E-state index contributed by atoms with van der Waals surface area (Å²) in [5.74, 6) is 0.432. The summed E-state index contributed by atoms with van der Waals surface area (Å²) in [6, 6.07) is 12.2. The molecule has 1 atom stereocenters. The van der Waals surface area contributed by atoms with Crippen LogP contribution in [0.1, 0.15) is 56.2 Å². The Morgan fingerprint density at radius 3 is 2.55 bits per heavy atom. The summed E-state index contributed by atoms with van der Waals surface area (Å²) in [6.45, 7) is 3.93. The Kier molecular flexibility index (Phi) is 4.87. The van der Waals surface area contributed by atoms with E-state index in [9.17, 15) is 13.7 Å². The molecule has 2 aliphatic carbocycles. The highest BCUT2D eigenvalue weighted by atomic mass is 32.2. The molecule has 31 heavy (non-hydrogen) atoms. The largest absolute Gasteiger partial charge is 0.335 e. The van der Waals surface area contributed by atoms with Crippen molar-refractivity contribution in [2.75, 3.05) is 0 Å². The van der Waals surface area contributed by atoms with Gasteiger partial charge in [-0.25, -0.2) is 13.1 Å². The van der Waals surface area contributed by atoms with E-state index in [0.29, 0.717) is 23.2 Å². The number of rotatable bonds is 6. The standard InChI is InChI=1S/C24H26N4O2S/c1-15-6-11-23-20(12-15)21(13-25)24(28(23)18-4-3-5-18)22-10-9-19(14-26-22)31(29,30)27-16(2)17-7-8-17/h6,9-12,14,16-18,27H,3-5,7-8H2,1-2H3/t16-/m0/s1. The van der Waals surface area contributed by atoms with Gasteiger partial charge in [-0.15, -0.1) is 0 Å². The smallest absolute Gasteiger partial charge is 0.242 e. The number of hydrogen-bond acceptors (Lipinski definition) is 4. The third-order valence-electron chi connectivity index (χ3n) is 6.67. The third-order valence-corrected chi connectivity index (χ3v) is 8.21. The van der Waals surface area contributed by atoms with Crippen LogP contribution in [0.5, 0.6) is 0 Å². The summed E-state index contributed by atoms with van der Waals surface area (Å²) in [4.78, 5) is 4.68. The van der Waals surface area contributed by atoms with E-state index in [1.165, 1.54) is 12.6 Å². The Morgan fingerprint density at radius 2 is 1.97 bits per heavy atom. The van der Waals surface area contributed by atoms with Crippen molar-refractivity contribution in [1.82, 2.24) is 14.3 Å². The van der Waals surface area contributed by atoms with Gasteiger partial charge in [0.15, 0.2) is 0 Å². The van der Waals surface area contributed by atoms with Crippen LogP contribution in [0.4, 0.5) is 0 Å². The van der Waals surface area contributed by atoms with Crippen molar-refractivity contribution in [3.63, 3.8) is 0 Å². The van der Waals surface area contributed by atoms with E-state index in [-0.39, 0.29) is 10.9 Å². The monoisotopic (exact) mass is 434 g/mol. The molecule has 160 valence electrons. The number of pyridine rings is 1. The van der Waals surface area contributed by atoms with Gasteiger partial charge in [0, 0.05) is 23.7 Å². The Balaban J connectivity index is 1.58. The van der Waals surface area contributed by atoms with Crippen LogP contribution in [0, 0.1) is 24.2 Å². The summed E-state index contributed by atoms with van der Waals surface area (Å²) < 4.78 is 30.5. The number of fused-ring (bicyclic) bond motifs is 1. The summed E-state index contributed by atoms with van der Waals surface area (Å²) in [5, 5.41) is 10.9. The van der Waals surface area contributed by atoms with Crippen molar-refractivity contribution in [3.05, 3.63) is 47.7 Å². The van der Waals surface area contributed by atoms with E-state index in [4.69, 9.17) is 0 Å². The number of nitrogens with one attached hydrogen (secondary N) is 1. The lowest BCUT2D eigenvalue weighted by Gasteiger charge is -2.30. The minimum Gasteiger partial charge on any atom is -0.335 e. The van der Waals surface area contributed by atoms with E-state index in [1.807, 2.05) is 13.8 Å². The molecule has 2 aromatic heterocycles. The second kappa shape index (κ2) is 7.47. The van der Waals surface area contributed by atoms with Gasteiger partial charge in [-0.05, 0) is 76.1 Å². The highest BCUT2D eigenvalue weighted by molar-refractivity contribution is 7.89. The zero-order valence-corrected chi connectivity index (χ0v) is 18.6. The highest BCUT2D eigenvalue weighted by Gasteiger charge is 2.32. The van der Waals surface area contributed by atoms with Crippen LogP contribution in [0.25, 0.3) is 22.3 Å². The molecular formula is C24H26N4O2S. The van der Waals surface area contributed by atoms with E-state index in [2.05, 4.69) is 38.5 Å². The molecular weight excluding hydrogens is 408 g/mol. The fraction of sp³-hybridized carbons (Fsp3) is 0.417. The molecule has 0 spiro atoms. The van der Waals surface area contributed by atoms with Crippen molar-refractivity contribution >= 4 is 20.9 Å². The lowest BCUT2D eigenvalue weighted by atomic mass is 9.92. The van der Waals surface area contributed by atoms with E-state index in [1.54, 1.807) is 12.1 Å². The Hall–Kier alpha value is -2.69. The molecule has 1 N–H and O–H groups in total. The molecule has 0 bridgehead atoms. The normalized spacial score (nSPS) is 18.0. The quantitative estimate of drug-likeness (QED) is 0.610. The first-order chi connectivity index (χ1) is 14.9. The van der Waals surface area contributed by atoms with Gasteiger partial charge in [0.05, 0.1) is 22.5 Å². The number of aromatic nitrogens is 2. The molecule has 0 amide bonds. The first kappa shape index (κ1) is 20.2. The fourth-order valence-electron chi connectivity index (χ4n) is 4.50. The van der Waals surface area contributed by atoms with Crippen LogP contribution in [0.15, 0.2) is 41.4 Å². The minimum atomic E-state index is -3.61. The van der Waals surface area contributed by atoms with Crippen LogP contribution in [-0.4, -0.2) is 24.0 Å². The Morgan fingerprint density at radius 1 is 1.19 bits per heavy atom. The maximum atomic E-state index is 12.7. The molecule has 2 aliphatic rings. The molecule has 2 saturated carbocycles. The maximum Gasteiger partial charge on any atom is 0.242 e. The van der Waals surface area contributed by atoms with Gasteiger partial charge in [-0.2, -0.15) is 5.26 Å². The molecule has 1 aromatic carbocycles. The van der Waals surface area contributed by atoms with Gasteiger partial charge in [0.2, 0.25) is 10.0 Å². The average Bonchev–Trinajstić information content (AvgIpc) is 3.51. The van der Waals surface area contributed by atoms with Gasteiger partial charge in [0.25, 0.3) is 0 Å². The first-order valence-corrected chi connectivity index (χ1v) is 12.4. The van der Waals surface area contributed by atoms with Crippen LogP contribution >= 0.6 is 0 Å². The van der Waals surface area contributed by atoms with E-state index >= 15 is 0 Å². The molecule has 0 aliphatic heterocycles. The van der Waals surface area contributed by atoms with Crippen LogP contribution in [-0.2, 0) is 10.0 Å². The molecule has 2 heterocycles. The SMILES string of the molecule is Cc1ccc2c(c1)c(C#N)c(-c1ccc(S(=O)(=O)N[C@@H](C)C3CC3)cn1)n2C1CCC1. The third kappa shape index (κ3) is 3.54. The molecule has 5 rings (SSSR count). The molecule has 3 aromatic rings. The maximum absolute atomic E-state index is 12.7. The fourth-order valence-corrected chi connectivity index (χ4v) is 5.76. The summed E-state index contributed by atoms with van der Waals surface area (Å²) in [7, 11) is -3.61. The zero-order chi connectivity index (χ0) is 21.8. The van der Waals surface area contributed by atoms with E-state index < -0.39 is 10.0 Å². The van der Waals surface area contributed by atoms with Crippen molar-refractivity contribution in [2.45, 2.75) is 62.9 Å². The average molecular weight is 435 g/mol. The van der Waals surface area contributed by atoms with Gasteiger partial charge in [-0.1, -0.05) is 11.6 Å². The molecule has 0 saturated heterocycles. The van der Waals surface area contributed by atoms with E-state index in [0.717, 1.165) is 47.8 Å². The Bertz CT molecular complexity index is 1290. The van der Waals surface area contributed by atoms with Crippen LogP contribution in [0.3, 0.4) is 0 Å². The lowest BCUT2D eigenvalue weighted by Crippen LogP contribution is -2.34. The summed E-state index contributed by atoms with van der Waals surface area (Å²) in [6.07, 6.45) is 6.88. The highest BCUT2D eigenvalue weighted by Crippen LogP contribution is 2.42. The predicted octanol–water partition coefficient (Wildman–Crippen LogP) is 4.69. The van der Waals surface area contributed by atoms with Gasteiger partial charge < -0.3 is 4.57 Å². The second-order valence-corrected chi connectivity index (χ2v) is 10.7. The number of nitriles is 1. The van der Waals surface area contributed by atoms with Crippen molar-refractivity contribution in [3.8, 4) is 17.5 Å². The number of hydrogen-bond donors (Lipinski definition) is 1. The first-order valence-electron chi connectivity index (χ1n) is 10.9.